The molecule has 29 heavy (non-hydrogen) atoms. The number of nitrogens with zero attached hydrogens (tertiary/aromatic N) is 5. The smallest absolute Gasteiger partial charge is 0.329 e. The first kappa shape index (κ1) is 17.8. The molecule has 0 bridgehead atoms. The van der Waals surface area contributed by atoms with E-state index in [1.54, 1.807) is 12.1 Å². The number of phenols is 1. The van der Waals surface area contributed by atoms with Crippen molar-refractivity contribution in [1.82, 2.24) is 24.9 Å². The second-order valence-corrected chi connectivity index (χ2v) is 9.84. The Balaban J connectivity index is 1.70. The number of thiazole rings is 1. The molecule has 1 aliphatic heterocycles. The molecule has 0 saturated heterocycles. The van der Waals surface area contributed by atoms with E-state index in [9.17, 15) is 19.6 Å². The highest BCUT2D eigenvalue weighted by Crippen LogP contribution is 2.58. The molecule has 4 heterocycles. The third kappa shape index (κ3) is 2.70. The number of phenolic OH excluding ortho intramolecular Hbond substituents is 1. The zero-order chi connectivity index (χ0) is 20.3. The molecular weight excluding hydrogens is 418 g/mol. The van der Waals surface area contributed by atoms with Crippen LogP contribution in [0.1, 0.15) is 5.01 Å². The van der Waals surface area contributed by atoms with Crippen LogP contribution in [-0.4, -0.2) is 62.5 Å². The molecule has 0 spiro atoms. The van der Waals surface area contributed by atoms with Gasteiger partial charge < -0.3 is 25.5 Å². The van der Waals surface area contributed by atoms with Crippen molar-refractivity contribution >= 4 is 59.9 Å². The zero-order valence-corrected chi connectivity index (χ0v) is 16.1. The van der Waals surface area contributed by atoms with Crippen molar-refractivity contribution in [1.29, 1.82) is 0 Å². The number of aromatic nitrogens is 5. The maximum Gasteiger partial charge on any atom is 0.329 e. The topological polar surface area (TPSA) is 183 Å². The monoisotopic (exact) mass is 431 g/mol. The van der Waals surface area contributed by atoms with Crippen LogP contribution in [0.3, 0.4) is 0 Å². The van der Waals surface area contributed by atoms with Crippen LogP contribution < -0.4 is 5.73 Å². The first-order valence-corrected chi connectivity index (χ1v) is 10.8. The van der Waals surface area contributed by atoms with Crippen LogP contribution in [0, 0.1) is 0 Å². The highest BCUT2D eigenvalue weighted by Gasteiger charge is 2.46. The molecule has 0 radical (unpaired) electrons. The normalized spacial score (nSPS) is 23.9. The number of carboxylic acid groups (broad SMARTS) is 1. The van der Waals surface area contributed by atoms with Gasteiger partial charge >= 0.3 is 5.97 Å². The Morgan fingerprint density at radius 1 is 1.31 bits per heavy atom. The number of hydrogen-bond donors (Lipinski definition) is 5. The number of carbonyl (C=O) groups is 1. The van der Waals surface area contributed by atoms with Crippen molar-refractivity contribution in [3.05, 3.63) is 29.5 Å². The molecule has 2 atom stereocenters. The number of aromatic amines is 1. The lowest BCUT2D eigenvalue weighted by Gasteiger charge is -2.27. The minimum absolute atomic E-state index is 0.0146. The summed E-state index contributed by atoms with van der Waals surface area (Å²) >= 11 is 1.19. The lowest BCUT2D eigenvalue weighted by molar-refractivity contribution is -0.137. The predicted octanol–water partition coefficient (Wildman–Crippen LogP) is 1.80. The van der Waals surface area contributed by atoms with Crippen LogP contribution in [0.25, 0.3) is 21.4 Å². The molecule has 11 nitrogen and oxygen atoms in total. The van der Waals surface area contributed by atoms with E-state index in [0.717, 1.165) is 0 Å². The highest BCUT2D eigenvalue weighted by atomic mass is 32.3. The number of rotatable bonds is 3. The number of aromatic hydroxyl groups is 1. The number of carboxylic acids is 1. The highest BCUT2D eigenvalue weighted by molar-refractivity contribution is 8.41. The molecule has 5 rings (SSSR count). The fourth-order valence-corrected chi connectivity index (χ4v) is 6.76. The number of nitrogen functional groups attached to an aromatic ring is 1. The Bertz CT molecular complexity index is 1330. The number of aliphatic carboxylic acids is 1. The number of nitrogens with one attached hydrogen (secondary N) is 1. The summed E-state index contributed by atoms with van der Waals surface area (Å²) in [5, 5.41) is 19.6. The van der Waals surface area contributed by atoms with Gasteiger partial charge in [0.15, 0.2) is 17.5 Å². The minimum Gasteiger partial charge on any atom is -0.508 e. The van der Waals surface area contributed by atoms with Crippen LogP contribution in [0.2, 0.25) is 0 Å². The molecule has 1 unspecified atom stereocenters. The van der Waals surface area contributed by atoms with Gasteiger partial charge in [0.05, 0.1) is 16.5 Å². The number of benzene rings is 1. The standard InChI is InChI=1S/C16H13N7O4S2/c17-11-10-12(19-5-18-10)23-16(22-11)29(27)4-8(15(25)26)21-14(29)13-20-7-2-1-6(24)3-9(7)28-13/h1-3,5,8,24,27H,4H2,(H,25,26)(H3,17,18,19,22,23)/t8-/m1/s1. The van der Waals surface area contributed by atoms with E-state index in [1.165, 1.54) is 23.7 Å². The summed E-state index contributed by atoms with van der Waals surface area (Å²) in [7, 11) is -3.02. The van der Waals surface area contributed by atoms with Gasteiger partial charge in [0, 0.05) is 5.75 Å². The fourth-order valence-electron chi connectivity index (χ4n) is 3.05. The quantitative estimate of drug-likeness (QED) is 0.302. The second-order valence-electron chi connectivity index (χ2n) is 6.32. The summed E-state index contributed by atoms with van der Waals surface area (Å²) in [6.45, 7) is 0. The zero-order valence-electron chi connectivity index (χ0n) is 14.5. The Kier molecular flexibility index (Phi) is 3.74. The Morgan fingerprint density at radius 3 is 2.93 bits per heavy atom. The number of nitrogens with two attached hydrogens (primary N) is 1. The Hall–Kier alpha value is -3.29. The number of hydrogen-bond acceptors (Lipinski definition) is 10. The summed E-state index contributed by atoms with van der Waals surface area (Å²) in [6, 6.07) is 3.51. The van der Waals surface area contributed by atoms with Gasteiger partial charge in [-0.15, -0.1) is 11.3 Å². The molecule has 0 fully saturated rings. The first-order chi connectivity index (χ1) is 13.8. The molecule has 3 aromatic heterocycles. The lowest BCUT2D eigenvalue weighted by Crippen LogP contribution is -2.22. The van der Waals surface area contributed by atoms with Gasteiger partial charge in [-0.05, 0) is 28.5 Å². The van der Waals surface area contributed by atoms with E-state index in [0.29, 0.717) is 20.7 Å². The summed E-state index contributed by atoms with van der Waals surface area (Å²) in [4.78, 5) is 35.7. The Morgan fingerprint density at radius 2 is 2.14 bits per heavy atom. The van der Waals surface area contributed by atoms with Gasteiger partial charge in [0.1, 0.15) is 21.3 Å². The molecule has 6 N–H and O–H groups in total. The fraction of sp³-hybridized carbons (Fsp3) is 0.125. The molecule has 148 valence electrons. The van der Waals surface area contributed by atoms with E-state index < -0.39 is 22.3 Å². The molecule has 1 aromatic carbocycles. The van der Waals surface area contributed by atoms with Gasteiger partial charge in [0.2, 0.25) is 5.16 Å². The summed E-state index contributed by atoms with van der Waals surface area (Å²) in [6.07, 6.45) is 1.41. The summed E-state index contributed by atoms with van der Waals surface area (Å²) in [5.74, 6) is -1.18. The van der Waals surface area contributed by atoms with Crippen molar-refractivity contribution in [3.63, 3.8) is 0 Å². The van der Waals surface area contributed by atoms with Gasteiger partial charge in [-0.1, -0.05) is 0 Å². The van der Waals surface area contributed by atoms with Gasteiger partial charge in [-0.25, -0.2) is 19.7 Å². The third-order valence-electron chi connectivity index (χ3n) is 4.43. The van der Waals surface area contributed by atoms with Crippen LogP contribution in [0.4, 0.5) is 5.82 Å². The SMILES string of the molecule is Nc1nc(S2(O)C[C@H](C(=O)O)N=C2c2nc3ccc(O)cc3s2)nc2nc[nH]c12. The van der Waals surface area contributed by atoms with Crippen molar-refractivity contribution < 1.29 is 19.6 Å². The lowest BCUT2D eigenvalue weighted by atomic mass is 10.3. The summed E-state index contributed by atoms with van der Waals surface area (Å²) in [5.41, 5.74) is 7.25. The van der Waals surface area contributed by atoms with Crippen LogP contribution in [0.15, 0.2) is 34.7 Å². The van der Waals surface area contributed by atoms with E-state index in [1.807, 2.05) is 0 Å². The number of H-pyrrole nitrogens is 1. The predicted molar refractivity (Wildman–Crippen MR) is 109 cm³/mol. The maximum atomic E-state index is 11.6. The number of imidazole rings is 1. The Labute approximate surface area is 167 Å². The number of anilines is 1. The van der Waals surface area contributed by atoms with Crippen LogP contribution in [-0.2, 0) is 4.79 Å². The second kappa shape index (κ2) is 6.10. The number of fused-ring (bicyclic) bond motifs is 2. The van der Waals surface area contributed by atoms with Gasteiger partial charge in [-0.3, -0.25) is 4.99 Å². The van der Waals surface area contributed by atoms with E-state index >= 15 is 0 Å². The minimum atomic E-state index is -3.02. The first-order valence-electron chi connectivity index (χ1n) is 8.26. The van der Waals surface area contributed by atoms with Gasteiger partial charge in [0.25, 0.3) is 0 Å². The van der Waals surface area contributed by atoms with Gasteiger partial charge in [-0.2, -0.15) is 4.98 Å². The van der Waals surface area contributed by atoms with E-state index in [4.69, 9.17) is 5.73 Å². The van der Waals surface area contributed by atoms with Crippen LogP contribution in [0.5, 0.6) is 5.75 Å². The summed E-state index contributed by atoms with van der Waals surface area (Å²) < 4.78 is 12.3. The average molecular weight is 431 g/mol. The molecule has 0 aliphatic carbocycles. The molecule has 13 heteroatoms. The van der Waals surface area contributed by atoms with Crippen molar-refractivity contribution in [2.45, 2.75) is 11.2 Å². The average Bonchev–Trinajstić information content (AvgIpc) is 3.37. The maximum absolute atomic E-state index is 11.6. The van der Waals surface area contributed by atoms with E-state index in [2.05, 4.69) is 29.9 Å². The number of aliphatic imine (C=N–C) groups is 1. The van der Waals surface area contributed by atoms with Crippen molar-refractivity contribution in [2.75, 3.05) is 11.5 Å². The van der Waals surface area contributed by atoms with Crippen LogP contribution >= 0.6 is 21.6 Å². The third-order valence-corrected chi connectivity index (χ3v) is 8.10. The van der Waals surface area contributed by atoms with E-state index in [-0.39, 0.29) is 33.2 Å². The molecule has 1 aliphatic rings. The van der Waals surface area contributed by atoms with Crippen molar-refractivity contribution in [3.8, 4) is 5.75 Å². The molecular formula is C16H13N7O4S2. The van der Waals surface area contributed by atoms with Crippen molar-refractivity contribution in [2.24, 2.45) is 4.99 Å². The molecule has 0 saturated carbocycles. The largest absolute Gasteiger partial charge is 0.508 e. The molecule has 0 amide bonds. The molecule has 4 aromatic rings.